The van der Waals surface area contributed by atoms with E-state index in [4.69, 9.17) is 9.63 Å². The van der Waals surface area contributed by atoms with Crippen molar-refractivity contribution in [2.24, 2.45) is 0 Å². The largest absolute Gasteiger partial charge is 0.696 e. The van der Waals surface area contributed by atoms with E-state index in [0.29, 0.717) is 0 Å². The zero-order valence-corrected chi connectivity index (χ0v) is 12.6. The van der Waals surface area contributed by atoms with Crippen LogP contribution in [0.4, 0.5) is 4.79 Å². The van der Waals surface area contributed by atoms with Gasteiger partial charge in [-0.25, -0.2) is 4.79 Å². The quantitative estimate of drug-likeness (QED) is 0.622. The number of rotatable bonds is 6. The maximum Gasteiger partial charge on any atom is 0.696 e. The molecule has 1 aromatic rings. The molecule has 0 aliphatic carbocycles. The molecule has 7 heteroatoms. The number of ether oxygens (including phenoxy) is 1. The van der Waals surface area contributed by atoms with E-state index in [1.807, 2.05) is 30.3 Å². The molecule has 1 unspecified atom stereocenters. The van der Waals surface area contributed by atoms with Crippen molar-refractivity contribution in [1.82, 2.24) is 5.32 Å². The minimum absolute atomic E-state index is 0.137. The molecule has 6 nitrogen and oxygen atoms in total. The Morgan fingerprint density at radius 2 is 1.85 bits per heavy atom. The lowest BCUT2D eigenvalue weighted by Crippen LogP contribution is -2.25. The molecule has 2 N–H and O–H groups in total. The molecule has 1 aromatic carbocycles. The van der Waals surface area contributed by atoms with Gasteiger partial charge in [0, 0.05) is 4.57 Å². The van der Waals surface area contributed by atoms with Crippen LogP contribution in [0.2, 0.25) is 0 Å². The first-order chi connectivity index (χ1) is 9.60. The molecule has 1 rings (SSSR count). The van der Waals surface area contributed by atoms with Crippen LogP contribution in [-0.4, -0.2) is 17.7 Å². The van der Waals surface area contributed by atoms with Gasteiger partial charge >= 0.3 is 14.3 Å². The van der Waals surface area contributed by atoms with Gasteiger partial charge in [-0.3, -0.25) is 5.32 Å². The summed E-state index contributed by atoms with van der Waals surface area (Å²) in [5.74, 6) is 0. The number of carbonyl (C=O) groups excluding carboxylic acids is 1. The minimum atomic E-state index is -2.70. The van der Waals surface area contributed by atoms with Gasteiger partial charge < -0.3 is 4.74 Å². The van der Waals surface area contributed by atoms with E-state index < -0.39 is 14.3 Å². The molecule has 0 radical (unpaired) electrons. The number of amides is 1. The summed E-state index contributed by atoms with van der Waals surface area (Å²) in [6.45, 7) is 4.14. The van der Waals surface area contributed by atoms with E-state index in [1.165, 1.54) is 12.8 Å². The van der Waals surface area contributed by atoms with Crippen LogP contribution in [0.5, 0.6) is 0 Å². The lowest BCUT2D eigenvalue weighted by atomic mass is 10.2. The summed E-state index contributed by atoms with van der Waals surface area (Å²) in [6.07, 6.45) is 1.93. The lowest BCUT2D eigenvalue weighted by Gasteiger charge is -2.04. The highest BCUT2D eigenvalue weighted by Gasteiger charge is 2.12. The molecule has 20 heavy (non-hydrogen) atoms. The fraction of sp³-hybridized carbons (Fsp3) is 0.462. The average Bonchev–Trinajstić information content (AvgIpc) is 2.46. The van der Waals surface area contributed by atoms with Gasteiger partial charge in [-0.05, 0) is 5.56 Å². The molecular formula is C13H21NO5P+. The SMILES string of the molecule is CCCC.O=C(NCO[P+](=O)O)OCc1ccccc1. The Hall–Kier alpha value is -1.49. The highest BCUT2D eigenvalue weighted by molar-refractivity contribution is 7.32. The topological polar surface area (TPSA) is 84.9 Å². The summed E-state index contributed by atoms with van der Waals surface area (Å²) in [5, 5.41) is 2.16. The number of carbonyl (C=O) groups is 1. The van der Waals surface area contributed by atoms with E-state index in [9.17, 15) is 9.36 Å². The summed E-state index contributed by atoms with van der Waals surface area (Å²) in [7, 11) is -2.70. The van der Waals surface area contributed by atoms with Gasteiger partial charge in [-0.2, -0.15) is 0 Å². The van der Waals surface area contributed by atoms with Crippen molar-refractivity contribution in [3.8, 4) is 0 Å². The monoisotopic (exact) mass is 302 g/mol. The predicted octanol–water partition coefficient (Wildman–Crippen LogP) is 3.34. The van der Waals surface area contributed by atoms with Gasteiger partial charge in [0.1, 0.15) is 6.61 Å². The molecule has 112 valence electrons. The first kappa shape index (κ1) is 18.5. The molecule has 0 aliphatic heterocycles. The van der Waals surface area contributed by atoms with Crippen molar-refractivity contribution < 1.29 is 23.5 Å². The van der Waals surface area contributed by atoms with E-state index in [1.54, 1.807) is 0 Å². The Kier molecular flexibility index (Phi) is 11.6. The third-order valence-electron chi connectivity index (χ3n) is 2.10. The third-order valence-corrected chi connectivity index (χ3v) is 2.45. The molecule has 0 saturated heterocycles. The van der Waals surface area contributed by atoms with Crippen LogP contribution in [0.1, 0.15) is 32.3 Å². The summed E-state index contributed by atoms with van der Waals surface area (Å²) in [6, 6.07) is 9.14. The zero-order valence-electron chi connectivity index (χ0n) is 11.7. The second-order valence-corrected chi connectivity index (χ2v) is 4.48. The number of unbranched alkanes of at least 4 members (excludes halogenated alkanes) is 1. The molecule has 0 aromatic heterocycles. The zero-order chi connectivity index (χ0) is 15.2. The average molecular weight is 302 g/mol. The van der Waals surface area contributed by atoms with Crippen LogP contribution in [0, 0.1) is 0 Å². The number of alkyl carbamates (subject to hydrolysis) is 1. The lowest BCUT2D eigenvalue weighted by molar-refractivity contribution is 0.129. The van der Waals surface area contributed by atoms with Crippen LogP contribution in [-0.2, 0) is 20.4 Å². The fourth-order valence-corrected chi connectivity index (χ4v) is 1.10. The molecule has 0 aliphatic rings. The molecule has 0 spiro atoms. The molecule has 0 saturated carbocycles. The highest BCUT2D eigenvalue weighted by atomic mass is 31.1. The Bertz CT molecular complexity index is 384. The van der Waals surface area contributed by atoms with Gasteiger partial charge in [0.25, 0.3) is 0 Å². The van der Waals surface area contributed by atoms with E-state index in [-0.39, 0.29) is 13.3 Å². The van der Waals surface area contributed by atoms with Crippen LogP contribution >= 0.6 is 8.25 Å². The van der Waals surface area contributed by atoms with E-state index in [0.717, 1.165) is 5.56 Å². The summed E-state index contributed by atoms with van der Waals surface area (Å²) in [5.41, 5.74) is 0.854. The van der Waals surface area contributed by atoms with E-state index >= 15 is 0 Å². The summed E-state index contributed by atoms with van der Waals surface area (Å²) < 4.78 is 19.1. The smallest absolute Gasteiger partial charge is 0.445 e. The fourth-order valence-electron chi connectivity index (χ4n) is 0.921. The van der Waals surface area contributed by atoms with Crippen LogP contribution in [0.25, 0.3) is 0 Å². The Balaban J connectivity index is 0.000000796. The highest BCUT2D eigenvalue weighted by Crippen LogP contribution is 2.12. The predicted molar refractivity (Wildman–Crippen MR) is 76.1 cm³/mol. The molecule has 0 heterocycles. The van der Waals surface area contributed by atoms with Crippen LogP contribution < -0.4 is 5.32 Å². The Morgan fingerprint density at radius 3 is 2.35 bits per heavy atom. The number of nitrogens with one attached hydrogen (secondary N) is 1. The molecular weight excluding hydrogens is 281 g/mol. The molecule has 0 fully saturated rings. The standard InChI is InChI=1S/C9H10NO5P.C4H10/c11-9(10-7-15-16(12)13)14-6-8-4-2-1-3-5-8;1-3-4-2/h1-5H,6-7H2,(H-,10,11,12,13);3-4H2,1-2H3/p+1. The third kappa shape index (κ3) is 11.6. The van der Waals surface area contributed by atoms with Crippen molar-refractivity contribution in [3.63, 3.8) is 0 Å². The number of benzene rings is 1. The van der Waals surface area contributed by atoms with Crippen LogP contribution in [0.15, 0.2) is 30.3 Å². The van der Waals surface area contributed by atoms with E-state index in [2.05, 4.69) is 23.7 Å². The van der Waals surface area contributed by atoms with Gasteiger partial charge in [-0.1, -0.05) is 61.5 Å². The van der Waals surface area contributed by atoms with Gasteiger partial charge in [0.2, 0.25) is 0 Å². The molecule has 1 amide bonds. The van der Waals surface area contributed by atoms with Crippen molar-refractivity contribution in [1.29, 1.82) is 0 Å². The summed E-state index contributed by atoms with van der Waals surface area (Å²) >= 11 is 0. The maximum absolute atomic E-state index is 11.0. The van der Waals surface area contributed by atoms with Crippen molar-refractivity contribution in [3.05, 3.63) is 35.9 Å². The Labute approximate surface area is 120 Å². The number of hydrogen-bond donors (Lipinski definition) is 2. The minimum Gasteiger partial charge on any atom is -0.445 e. The Morgan fingerprint density at radius 1 is 1.25 bits per heavy atom. The second kappa shape index (κ2) is 12.5. The maximum atomic E-state index is 11.0. The van der Waals surface area contributed by atoms with Gasteiger partial charge in [-0.15, -0.1) is 4.89 Å². The first-order valence-electron chi connectivity index (χ1n) is 6.33. The van der Waals surface area contributed by atoms with Crippen LogP contribution in [0.3, 0.4) is 0 Å². The second-order valence-electron chi connectivity index (χ2n) is 3.75. The first-order valence-corrected chi connectivity index (χ1v) is 7.46. The summed E-state index contributed by atoms with van der Waals surface area (Å²) in [4.78, 5) is 19.3. The van der Waals surface area contributed by atoms with Crippen molar-refractivity contribution >= 4 is 14.3 Å². The molecule has 1 atom stereocenters. The van der Waals surface area contributed by atoms with Crippen molar-refractivity contribution in [2.75, 3.05) is 6.73 Å². The van der Waals surface area contributed by atoms with Crippen molar-refractivity contribution in [2.45, 2.75) is 33.3 Å². The molecule has 0 bridgehead atoms. The van der Waals surface area contributed by atoms with Gasteiger partial charge in [0.15, 0.2) is 6.73 Å². The van der Waals surface area contributed by atoms with Gasteiger partial charge in [0.05, 0.1) is 0 Å². The normalized spacial score (nSPS) is 10.1. The number of hydrogen-bond acceptors (Lipinski definition) is 4.